The molecule has 3 aliphatic heterocycles. The van der Waals surface area contributed by atoms with Gasteiger partial charge in [-0.1, -0.05) is 330 Å². The first-order valence-corrected chi connectivity index (χ1v) is 34.5. The molecule has 94 heavy (non-hydrogen) atoms. The lowest BCUT2D eigenvalue weighted by atomic mass is 9.88. The molecule has 0 saturated heterocycles. The highest BCUT2D eigenvalue weighted by Gasteiger charge is 2.39. The molecule has 0 aromatic heterocycles. The fourth-order valence-electron chi connectivity index (χ4n) is 16.1. The molecule has 3 heterocycles. The van der Waals surface area contributed by atoms with Crippen LogP contribution in [0.5, 0.6) is 0 Å². The molecule has 0 saturated carbocycles. The van der Waals surface area contributed by atoms with Gasteiger partial charge in [0.05, 0.1) is 0 Å². The van der Waals surface area contributed by atoms with Crippen LogP contribution in [-0.4, -0.2) is 4.48 Å². The number of halogens is 3. The Morgan fingerprint density at radius 3 is 0.660 bits per heavy atom. The van der Waals surface area contributed by atoms with E-state index in [1.165, 1.54) is 175 Å². The Labute approximate surface area is 577 Å². The van der Waals surface area contributed by atoms with Gasteiger partial charge >= 0.3 is 0 Å². The molecule has 19 rings (SSSR count). The maximum atomic E-state index is 3.69. The van der Waals surface area contributed by atoms with Crippen molar-refractivity contribution in [3.8, 4) is 44.5 Å². The van der Waals surface area contributed by atoms with E-state index in [0.717, 1.165) is 54.4 Å². The summed E-state index contributed by atoms with van der Waals surface area (Å²) in [5, 5.41) is 26.5. The van der Waals surface area contributed by atoms with Crippen LogP contribution in [-0.2, 0) is 49.9 Å². The minimum atomic E-state index is 0. The van der Waals surface area contributed by atoms with Gasteiger partial charge < -0.3 is 26.8 Å². The van der Waals surface area contributed by atoms with Crippen LogP contribution in [0.3, 0.4) is 0 Å². The second-order valence-electron chi connectivity index (χ2n) is 25.4. The van der Waals surface area contributed by atoms with Crippen LogP contribution in [0.1, 0.15) is 51.9 Å². The molecule has 16 aromatic carbocycles. The van der Waals surface area contributed by atoms with Gasteiger partial charge in [0.2, 0.25) is 0 Å². The van der Waals surface area contributed by atoms with Crippen molar-refractivity contribution in [3.05, 3.63) is 336 Å². The number of benzene rings is 16. The number of hydrogen-bond donors (Lipinski definition) is 1. The lowest BCUT2D eigenvalue weighted by molar-refractivity contribution is -0.977. The van der Waals surface area contributed by atoms with Gasteiger partial charge in [-0.3, -0.25) is 0 Å². The van der Waals surface area contributed by atoms with E-state index < -0.39 is 0 Å². The lowest BCUT2D eigenvalue weighted by Gasteiger charge is -2.38. The Bertz CT molecular complexity index is 5110. The van der Waals surface area contributed by atoms with Gasteiger partial charge in [-0.05, 0) is 153 Å². The number of rotatable bonds is 3. The van der Waals surface area contributed by atoms with E-state index in [2.05, 4.69) is 328 Å². The van der Waals surface area contributed by atoms with E-state index in [9.17, 15) is 0 Å². The summed E-state index contributed by atoms with van der Waals surface area (Å²) in [6.07, 6.45) is 0. The van der Waals surface area contributed by atoms with Crippen molar-refractivity contribution < 1.29 is 21.5 Å². The molecule has 2 nitrogen and oxygen atoms in total. The topological polar surface area (TPSA) is 12.0 Å². The van der Waals surface area contributed by atoms with Crippen molar-refractivity contribution in [1.29, 1.82) is 0 Å². The van der Waals surface area contributed by atoms with Crippen molar-refractivity contribution in [2.75, 3.05) is 0 Å². The van der Waals surface area contributed by atoms with Crippen molar-refractivity contribution in [2.24, 2.45) is 0 Å². The molecule has 3 aliphatic rings. The SMILES string of the molecule is BrCc1ccc2ccccc2c1-c1c(CBr)ccc2ccccc12.C.[Br-].c1ccc2c3c(ccc2c1)CNCc1ccc2ccccc2c1-3.c1ccc2c3c(ccc2c1)C[N+]1(Cc2ccc4ccccc4c2-3)Cc2ccc3ccccc3c2-c2c(ccc3ccccc23)C1. The third-order valence-corrected chi connectivity index (χ3v) is 21.3. The zero-order valence-corrected chi connectivity index (χ0v) is 56.2. The number of nitrogens with one attached hydrogen (secondary N) is 1. The molecule has 5 heteroatoms. The zero-order chi connectivity index (χ0) is 61.3. The molecule has 1 spiro atoms. The third kappa shape index (κ3) is 10.6. The smallest absolute Gasteiger partial charge is 0.106 e. The summed E-state index contributed by atoms with van der Waals surface area (Å²) in [7, 11) is 0. The quantitative estimate of drug-likeness (QED) is 0.137. The Hall–Kier alpha value is -9.04. The Kier molecular flexibility index (Phi) is 16.7. The summed E-state index contributed by atoms with van der Waals surface area (Å²) in [5.41, 5.74) is 22.4. The number of fused-ring (bicyclic) bond motifs is 23. The molecule has 0 atom stereocenters. The first-order chi connectivity index (χ1) is 45.5. The van der Waals surface area contributed by atoms with Gasteiger partial charge in [-0.2, -0.15) is 0 Å². The van der Waals surface area contributed by atoms with Gasteiger partial charge in [0.1, 0.15) is 26.2 Å². The highest BCUT2D eigenvalue weighted by Crippen LogP contribution is 2.50. The average molecular weight is 1410 g/mol. The standard InChI is InChI=1S/C44H32N.C22H16Br2.C22H17N.CH4.BrH/c1-5-13-37-29(9-1)17-21-33-25-45(26-34-22-18-30-10-2-6-14-38(30)42(34)41(33)37)27-35-23-19-31-11-3-7-15-39(31)43(35)44-36(28-45)24-20-32-12-4-8-16-40(32)44;23-13-17-11-9-15-5-1-3-7-19(15)21(17)22-18(14-24)12-10-16-6-2-4-8-20(16)22;1-3-7-19-15(5-1)9-11-17-13-23-14-18-12-10-16-6-2-4-8-20(16)22(18)21(17)19;;/h1-24H,25-28H2;1-12H,13-14H2;1-12,23H,13-14H2;1H4;1H/q+1;;;;/p-1. The highest BCUT2D eigenvalue weighted by molar-refractivity contribution is 9.08. The average Bonchev–Trinajstić information content (AvgIpc) is 1.42. The molecule has 0 amide bonds. The van der Waals surface area contributed by atoms with Gasteiger partial charge in [-0.15, -0.1) is 0 Å². The Balaban J connectivity index is 0.000000126. The van der Waals surface area contributed by atoms with Gasteiger partial charge in [-0.25, -0.2) is 0 Å². The predicted molar refractivity (Wildman–Crippen MR) is 405 cm³/mol. The van der Waals surface area contributed by atoms with Gasteiger partial charge in [0, 0.05) is 46.0 Å². The predicted octanol–water partition coefficient (Wildman–Crippen LogP) is 21.5. The first kappa shape index (κ1) is 61.2. The van der Waals surface area contributed by atoms with Crippen LogP contribution in [0.25, 0.3) is 131 Å². The number of quaternary nitrogens is 1. The fraction of sp³-hybridized carbons (Fsp3) is 0.101. The number of hydrogen-bond acceptors (Lipinski definition) is 1. The molecule has 16 aromatic rings. The molecular weight excluding hydrogens is 1340 g/mol. The second kappa shape index (κ2) is 25.7. The fourth-order valence-corrected chi connectivity index (χ4v) is 17.0. The zero-order valence-electron chi connectivity index (χ0n) is 51.5. The normalized spacial score (nSPS) is 13.3. The molecule has 0 fully saturated rings. The minimum Gasteiger partial charge on any atom is -1.00 e. The van der Waals surface area contributed by atoms with Crippen LogP contribution in [0.4, 0.5) is 0 Å². The molecule has 456 valence electrons. The molecular formula is C89H69Br3N2. The van der Waals surface area contributed by atoms with Crippen molar-refractivity contribution in [2.45, 2.75) is 57.4 Å². The van der Waals surface area contributed by atoms with Crippen LogP contribution in [0, 0.1) is 0 Å². The summed E-state index contributed by atoms with van der Waals surface area (Å²) in [5.74, 6) is 0. The Morgan fingerprint density at radius 2 is 0.426 bits per heavy atom. The monoisotopic (exact) mass is 1400 g/mol. The van der Waals surface area contributed by atoms with E-state index in [4.69, 9.17) is 0 Å². The molecule has 0 unspecified atom stereocenters. The summed E-state index contributed by atoms with van der Waals surface area (Å²) in [6, 6.07) is 108. The molecule has 1 N–H and O–H groups in total. The first-order valence-electron chi connectivity index (χ1n) is 32.2. The summed E-state index contributed by atoms with van der Waals surface area (Å²) in [6.45, 7) is 5.79. The summed E-state index contributed by atoms with van der Waals surface area (Å²) >= 11 is 7.38. The molecule has 0 aliphatic carbocycles. The van der Waals surface area contributed by atoms with E-state index in [1.807, 2.05) is 0 Å². The van der Waals surface area contributed by atoms with Crippen molar-refractivity contribution in [1.82, 2.24) is 5.32 Å². The van der Waals surface area contributed by atoms with E-state index >= 15 is 0 Å². The molecule has 0 radical (unpaired) electrons. The highest BCUT2D eigenvalue weighted by atomic mass is 79.9. The molecule has 0 bridgehead atoms. The van der Waals surface area contributed by atoms with Gasteiger partial charge in [0.25, 0.3) is 0 Å². The van der Waals surface area contributed by atoms with Gasteiger partial charge in [0.15, 0.2) is 0 Å². The second-order valence-corrected chi connectivity index (χ2v) is 26.5. The van der Waals surface area contributed by atoms with Crippen LogP contribution in [0.15, 0.2) is 291 Å². The maximum absolute atomic E-state index is 3.69. The largest absolute Gasteiger partial charge is 1.00 e. The van der Waals surface area contributed by atoms with E-state index in [1.54, 1.807) is 0 Å². The number of nitrogens with zero attached hydrogens (tertiary/aromatic N) is 1. The minimum absolute atomic E-state index is 0. The van der Waals surface area contributed by atoms with Crippen LogP contribution < -0.4 is 22.3 Å². The third-order valence-electron chi connectivity index (χ3n) is 20.1. The lowest BCUT2D eigenvalue weighted by Crippen LogP contribution is -3.00. The number of alkyl halides is 2. The van der Waals surface area contributed by atoms with E-state index in [0.29, 0.717) is 0 Å². The van der Waals surface area contributed by atoms with Crippen molar-refractivity contribution in [3.63, 3.8) is 0 Å². The maximum Gasteiger partial charge on any atom is 0.106 e. The van der Waals surface area contributed by atoms with E-state index in [-0.39, 0.29) is 24.4 Å². The Morgan fingerprint density at radius 1 is 0.234 bits per heavy atom. The van der Waals surface area contributed by atoms with Crippen LogP contribution >= 0.6 is 31.9 Å². The van der Waals surface area contributed by atoms with Crippen molar-refractivity contribution >= 4 is 118 Å². The summed E-state index contributed by atoms with van der Waals surface area (Å²) < 4.78 is 0.966. The summed E-state index contributed by atoms with van der Waals surface area (Å²) in [4.78, 5) is 0. The van der Waals surface area contributed by atoms with Crippen LogP contribution in [0.2, 0.25) is 0 Å².